The van der Waals surface area contributed by atoms with Crippen LogP contribution >= 0.6 is 23.2 Å². The molecule has 0 radical (unpaired) electrons. The van der Waals surface area contributed by atoms with E-state index in [4.69, 9.17) is 27.9 Å². The predicted octanol–water partition coefficient (Wildman–Crippen LogP) is 5.23. The van der Waals surface area contributed by atoms with Gasteiger partial charge in [0, 0.05) is 33.8 Å². The second-order valence-electron chi connectivity index (χ2n) is 6.02. The van der Waals surface area contributed by atoms with Crippen molar-refractivity contribution in [2.45, 2.75) is 6.92 Å². The summed E-state index contributed by atoms with van der Waals surface area (Å²) in [5, 5.41) is 23.5. The number of aromatic amines is 1. The minimum absolute atomic E-state index is 0.000388. The van der Waals surface area contributed by atoms with Crippen molar-refractivity contribution >= 4 is 34.6 Å². The average molecular weight is 450 g/mol. The highest BCUT2D eigenvalue weighted by molar-refractivity contribution is 6.31. The molecule has 0 bridgehead atoms. The first-order valence-electron chi connectivity index (χ1n) is 8.51. The molecule has 0 saturated carbocycles. The number of rotatable bonds is 6. The number of nitro benzene ring substituents is 2. The summed E-state index contributed by atoms with van der Waals surface area (Å²) in [5.41, 5.74) is -1.20. The zero-order chi connectivity index (χ0) is 22.0. The summed E-state index contributed by atoms with van der Waals surface area (Å²) >= 11 is 12.1. The van der Waals surface area contributed by atoms with Gasteiger partial charge in [-0.05, 0) is 31.2 Å². The number of pyridine rings is 1. The van der Waals surface area contributed by atoms with Gasteiger partial charge in [0.25, 0.3) is 11.4 Å². The van der Waals surface area contributed by atoms with Crippen LogP contribution < -0.4 is 10.3 Å². The largest absolute Gasteiger partial charge is 0.491 e. The molecule has 11 heteroatoms. The number of H-pyrrole nitrogens is 1. The molecule has 0 aliphatic rings. The van der Waals surface area contributed by atoms with Gasteiger partial charge in [-0.2, -0.15) is 0 Å². The molecular formula is C19H13Cl2N3O6. The molecule has 154 valence electrons. The van der Waals surface area contributed by atoms with Crippen molar-refractivity contribution in [1.82, 2.24) is 4.98 Å². The number of nitrogens with zero attached hydrogens (tertiary/aromatic N) is 2. The Morgan fingerprint density at radius 3 is 1.97 bits per heavy atom. The third-order valence-electron chi connectivity index (χ3n) is 4.15. The first kappa shape index (κ1) is 21.3. The number of ether oxygens (including phenoxy) is 1. The number of aromatic nitrogens is 1. The molecule has 0 saturated heterocycles. The van der Waals surface area contributed by atoms with Crippen molar-refractivity contribution in [3.8, 4) is 28.1 Å². The Labute approximate surface area is 179 Å². The van der Waals surface area contributed by atoms with Crippen LogP contribution in [0.5, 0.6) is 5.75 Å². The van der Waals surface area contributed by atoms with Gasteiger partial charge in [0.05, 0.1) is 33.3 Å². The van der Waals surface area contributed by atoms with Crippen molar-refractivity contribution in [3.63, 3.8) is 0 Å². The van der Waals surface area contributed by atoms with E-state index in [0.717, 1.165) is 6.07 Å². The van der Waals surface area contributed by atoms with Crippen molar-refractivity contribution in [2.24, 2.45) is 0 Å². The van der Waals surface area contributed by atoms with Gasteiger partial charge in [-0.25, -0.2) is 0 Å². The van der Waals surface area contributed by atoms with Gasteiger partial charge in [-0.3, -0.25) is 25.0 Å². The summed E-state index contributed by atoms with van der Waals surface area (Å²) in [5.74, 6) is 0.0211. The lowest BCUT2D eigenvalue weighted by Crippen LogP contribution is -2.11. The summed E-state index contributed by atoms with van der Waals surface area (Å²) < 4.78 is 5.68. The molecule has 3 aromatic rings. The van der Waals surface area contributed by atoms with Gasteiger partial charge in [0.2, 0.25) is 5.56 Å². The maximum absolute atomic E-state index is 12.4. The quantitative estimate of drug-likeness (QED) is 0.405. The van der Waals surface area contributed by atoms with E-state index >= 15 is 0 Å². The Bertz CT molecular complexity index is 1140. The van der Waals surface area contributed by atoms with Crippen molar-refractivity contribution in [2.75, 3.05) is 6.61 Å². The molecule has 0 spiro atoms. The Morgan fingerprint density at radius 2 is 1.43 bits per heavy atom. The van der Waals surface area contributed by atoms with E-state index in [2.05, 4.69) is 4.98 Å². The van der Waals surface area contributed by atoms with Crippen LogP contribution in [-0.4, -0.2) is 21.4 Å². The Balaban J connectivity index is 2.44. The Kier molecular flexibility index (Phi) is 6.04. The lowest BCUT2D eigenvalue weighted by Gasteiger charge is -2.15. The topological polar surface area (TPSA) is 128 Å². The number of hydrogen-bond donors (Lipinski definition) is 1. The standard InChI is InChI=1S/C19H13Cl2N3O6/c1-2-30-19-13(12-7-10(20)3-5-15(12)23(26)27)9-17(25)22-18(19)14-8-11(21)4-6-16(14)24(28)29/h3-9H,2H2,1H3,(H,22,25). The normalized spacial score (nSPS) is 10.6. The lowest BCUT2D eigenvalue weighted by molar-refractivity contribution is -0.384. The SMILES string of the molecule is CCOc1c(-c2cc(Cl)ccc2[N+](=O)[O-])cc(=O)[nH]c1-c1cc(Cl)ccc1[N+](=O)[O-]. The monoisotopic (exact) mass is 449 g/mol. The molecule has 1 N–H and O–H groups in total. The molecule has 0 atom stereocenters. The molecule has 30 heavy (non-hydrogen) atoms. The fraction of sp³-hybridized carbons (Fsp3) is 0.105. The molecule has 9 nitrogen and oxygen atoms in total. The maximum Gasteiger partial charge on any atom is 0.278 e. The summed E-state index contributed by atoms with van der Waals surface area (Å²) in [6.07, 6.45) is 0. The molecule has 1 heterocycles. The van der Waals surface area contributed by atoms with Gasteiger partial charge in [-0.1, -0.05) is 23.2 Å². The maximum atomic E-state index is 12.4. The van der Waals surface area contributed by atoms with E-state index in [0.29, 0.717) is 0 Å². The first-order chi connectivity index (χ1) is 14.2. The van der Waals surface area contributed by atoms with Crippen molar-refractivity contribution in [1.29, 1.82) is 0 Å². The zero-order valence-electron chi connectivity index (χ0n) is 15.3. The molecule has 0 amide bonds. The van der Waals surface area contributed by atoms with Gasteiger partial charge < -0.3 is 9.72 Å². The number of hydrogen-bond acceptors (Lipinski definition) is 6. The van der Waals surface area contributed by atoms with E-state index in [-0.39, 0.29) is 56.2 Å². The number of nitro groups is 2. The minimum atomic E-state index is -0.646. The van der Waals surface area contributed by atoms with Crippen molar-refractivity contribution < 1.29 is 14.6 Å². The van der Waals surface area contributed by atoms with Crippen LogP contribution in [-0.2, 0) is 0 Å². The molecule has 3 rings (SSSR count). The van der Waals surface area contributed by atoms with Crippen LogP contribution in [0.1, 0.15) is 6.92 Å². The van der Waals surface area contributed by atoms with E-state index in [1.807, 2.05) is 0 Å². The fourth-order valence-electron chi connectivity index (χ4n) is 2.98. The summed E-state index contributed by atoms with van der Waals surface area (Å²) in [4.78, 5) is 36.8. The number of benzene rings is 2. The molecule has 0 unspecified atom stereocenters. The van der Waals surface area contributed by atoms with Crippen LogP contribution in [0.3, 0.4) is 0 Å². The lowest BCUT2D eigenvalue weighted by atomic mass is 9.99. The number of halogens is 2. The van der Waals surface area contributed by atoms with Crippen LogP contribution in [0.25, 0.3) is 22.4 Å². The third-order valence-corrected chi connectivity index (χ3v) is 4.62. The van der Waals surface area contributed by atoms with E-state index < -0.39 is 15.4 Å². The fourth-order valence-corrected chi connectivity index (χ4v) is 3.33. The molecular weight excluding hydrogens is 437 g/mol. The highest BCUT2D eigenvalue weighted by Gasteiger charge is 2.26. The highest BCUT2D eigenvalue weighted by atomic mass is 35.5. The van der Waals surface area contributed by atoms with Gasteiger partial charge in [0.1, 0.15) is 0 Å². The summed E-state index contributed by atoms with van der Waals surface area (Å²) in [6.45, 7) is 1.78. The van der Waals surface area contributed by atoms with E-state index in [9.17, 15) is 25.0 Å². The smallest absolute Gasteiger partial charge is 0.278 e. The van der Waals surface area contributed by atoms with Crippen molar-refractivity contribution in [3.05, 3.63) is 83.1 Å². The van der Waals surface area contributed by atoms with E-state index in [1.54, 1.807) is 6.92 Å². The summed E-state index contributed by atoms with van der Waals surface area (Å²) in [6, 6.07) is 8.84. The van der Waals surface area contributed by atoms with E-state index in [1.165, 1.54) is 36.4 Å². The van der Waals surface area contributed by atoms with Crippen LogP contribution in [0.15, 0.2) is 47.3 Å². The Hall–Kier alpha value is -3.43. The average Bonchev–Trinajstić information content (AvgIpc) is 2.68. The first-order valence-corrected chi connectivity index (χ1v) is 9.27. The number of nitrogens with one attached hydrogen (secondary N) is 1. The second kappa shape index (κ2) is 8.52. The van der Waals surface area contributed by atoms with Crippen LogP contribution in [0.4, 0.5) is 11.4 Å². The van der Waals surface area contributed by atoms with Gasteiger partial charge in [0.15, 0.2) is 5.75 Å². The van der Waals surface area contributed by atoms with Gasteiger partial charge >= 0.3 is 0 Å². The predicted molar refractivity (Wildman–Crippen MR) is 112 cm³/mol. The Morgan fingerprint density at radius 1 is 0.900 bits per heavy atom. The molecule has 0 aliphatic heterocycles. The molecule has 2 aromatic carbocycles. The van der Waals surface area contributed by atoms with Crippen LogP contribution in [0.2, 0.25) is 10.0 Å². The third kappa shape index (κ3) is 4.12. The minimum Gasteiger partial charge on any atom is -0.491 e. The summed E-state index contributed by atoms with van der Waals surface area (Å²) in [7, 11) is 0. The second-order valence-corrected chi connectivity index (χ2v) is 6.89. The van der Waals surface area contributed by atoms with Gasteiger partial charge in [-0.15, -0.1) is 0 Å². The molecule has 1 aromatic heterocycles. The zero-order valence-corrected chi connectivity index (χ0v) is 16.9. The molecule has 0 aliphatic carbocycles. The highest BCUT2D eigenvalue weighted by Crippen LogP contribution is 2.43. The molecule has 0 fully saturated rings. The van der Waals surface area contributed by atoms with Crippen LogP contribution in [0, 0.1) is 20.2 Å².